The molecule has 0 spiro atoms. The van der Waals surface area contributed by atoms with Gasteiger partial charge in [0.05, 0.1) is 17.0 Å². The average molecular weight is 269 g/mol. The quantitative estimate of drug-likeness (QED) is 0.486. The second kappa shape index (κ2) is 3.73. The van der Waals surface area contributed by atoms with Crippen LogP contribution in [-0.2, 0) is 0 Å². The summed E-state index contributed by atoms with van der Waals surface area (Å²) in [4.78, 5) is 15.4. The number of nitrogens with two attached hydrogens (primary N) is 1. The fraction of sp³-hybridized carbons (Fsp3) is 0. The number of H-pyrrole nitrogens is 2. The summed E-state index contributed by atoms with van der Waals surface area (Å²) in [5.41, 5.74) is 7.37. The van der Waals surface area contributed by atoms with Crippen LogP contribution in [0, 0.1) is 5.82 Å². The lowest BCUT2D eigenvalue weighted by Gasteiger charge is -2.00. The molecule has 4 heterocycles. The first-order chi connectivity index (χ1) is 9.72. The molecule has 0 saturated carbocycles. The van der Waals surface area contributed by atoms with Crippen LogP contribution >= 0.6 is 0 Å². The third-order valence-corrected chi connectivity index (χ3v) is 3.04. The van der Waals surface area contributed by atoms with E-state index in [2.05, 4.69) is 30.1 Å². The molecule has 4 aromatic heterocycles. The lowest BCUT2D eigenvalue weighted by molar-refractivity contribution is 0.624. The number of fused-ring (bicyclic) bond motifs is 2. The molecule has 4 rings (SSSR count). The molecule has 0 aliphatic carbocycles. The summed E-state index contributed by atoms with van der Waals surface area (Å²) in [5, 5.41) is 8.05. The van der Waals surface area contributed by atoms with E-state index in [-0.39, 0.29) is 0 Å². The Bertz CT molecular complexity index is 939. The van der Waals surface area contributed by atoms with Crippen LogP contribution in [-0.4, -0.2) is 30.1 Å². The van der Waals surface area contributed by atoms with Crippen LogP contribution in [0.1, 0.15) is 0 Å². The number of anilines is 1. The monoisotopic (exact) mass is 269 g/mol. The summed E-state index contributed by atoms with van der Waals surface area (Å²) in [5.74, 6) is 0.205. The lowest BCUT2D eigenvalue weighted by atomic mass is 10.2. The molecular formula is C12H8FN7. The Kier molecular flexibility index (Phi) is 2.02. The van der Waals surface area contributed by atoms with Crippen LogP contribution in [0.2, 0.25) is 0 Å². The van der Waals surface area contributed by atoms with Crippen molar-refractivity contribution >= 4 is 27.9 Å². The van der Waals surface area contributed by atoms with E-state index in [1.807, 2.05) is 0 Å². The Labute approximate surface area is 111 Å². The molecule has 0 aliphatic rings. The number of aromatic nitrogens is 6. The number of nitrogens with zero attached hydrogens (tertiary/aromatic N) is 4. The Morgan fingerprint density at radius 3 is 2.95 bits per heavy atom. The highest BCUT2D eigenvalue weighted by molar-refractivity contribution is 5.92. The molecule has 98 valence electrons. The third kappa shape index (κ3) is 1.44. The maximum Gasteiger partial charge on any atom is 0.184 e. The van der Waals surface area contributed by atoms with Gasteiger partial charge in [0, 0.05) is 6.20 Å². The molecule has 8 heteroatoms. The van der Waals surface area contributed by atoms with Gasteiger partial charge in [0.2, 0.25) is 0 Å². The number of nitrogen functional groups attached to an aromatic ring is 1. The highest BCUT2D eigenvalue weighted by Crippen LogP contribution is 2.26. The van der Waals surface area contributed by atoms with Gasteiger partial charge in [-0.05, 0) is 12.1 Å². The normalized spacial score (nSPS) is 11.4. The van der Waals surface area contributed by atoms with Crippen LogP contribution in [0.4, 0.5) is 10.2 Å². The molecule has 4 aromatic rings. The van der Waals surface area contributed by atoms with Crippen molar-refractivity contribution in [3.63, 3.8) is 0 Å². The lowest BCUT2D eigenvalue weighted by Crippen LogP contribution is -1.97. The molecule has 7 nitrogen and oxygen atoms in total. The molecule has 0 radical (unpaired) electrons. The maximum atomic E-state index is 13.3. The Morgan fingerprint density at radius 2 is 2.05 bits per heavy atom. The van der Waals surface area contributed by atoms with Gasteiger partial charge < -0.3 is 10.7 Å². The maximum absolute atomic E-state index is 13.3. The minimum atomic E-state index is -0.450. The summed E-state index contributed by atoms with van der Waals surface area (Å²) < 4.78 is 13.3. The van der Waals surface area contributed by atoms with Gasteiger partial charge in [-0.25, -0.2) is 19.3 Å². The predicted octanol–water partition coefficient (Wildman–Crippen LogP) is 1.62. The SMILES string of the molecule is Nc1nc(-c2n[nH]c3ncc(F)cc23)nc2[nH]ccc12. The number of rotatable bonds is 1. The van der Waals surface area contributed by atoms with Crippen LogP contribution in [0.5, 0.6) is 0 Å². The molecule has 0 fully saturated rings. The zero-order chi connectivity index (χ0) is 13.7. The van der Waals surface area contributed by atoms with Crippen LogP contribution in [0.3, 0.4) is 0 Å². The highest BCUT2D eigenvalue weighted by Gasteiger charge is 2.15. The van der Waals surface area contributed by atoms with E-state index in [1.165, 1.54) is 6.07 Å². The molecule has 0 saturated heterocycles. The molecule has 0 amide bonds. The third-order valence-electron chi connectivity index (χ3n) is 3.04. The molecular weight excluding hydrogens is 261 g/mol. The first-order valence-corrected chi connectivity index (χ1v) is 5.83. The van der Waals surface area contributed by atoms with E-state index in [1.54, 1.807) is 12.3 Å². The number of pyridine rings is 1. The van der Waals surface area contributed by atoms with E-state index in [0.29, 0.717) is 34.0 Å². The zero-order valence-corrected chi connectivity index (χ0v) is 10.1. The van der Waals surface area contributed by atoms with Gasteiger partial charge >= 0.3 is 0 Å². The summed E-state index contributed by atoms with van der Waals surface area (Å²) in [7, 11) is 0. The van der Waals surface area contributed by atoms with Crippen LogP contribution < -0.4 is 5.73 Å². The van der Waals surface area contributed by atoms with Crippen molar-refractivity contribution < 1.29 is 4.39 Å². The topological polar surface area (TPSA) is 109 Å². The molecule has 0 unspecified atom stereocenters. The van der Waals surface area contributed by atoms with Gasteiger partial charge in [0.15, 0.2) is 11.5 Å². The van der Waals surface area contributed by atoms with Crippen molar-refractivity contribution in [1.29, 1.82) is 0 Å². The summed E-state index contributed by atoms with van der Waals surface area (Å²) in [6.45, 7) is 0. The molecule has 0 bridgehead atoms. The molecule has 20 heavy (non-hydrogen) atoms. The number of hydrogen-bond acceptors (Lipinski definition) is 5. The Balaban J connectivity index is 2.03. The van der Waals surface area contributed by atoms with Gasteiger partial charge in [0.1, 0.15) is 23.0 Å². The molecule has 0 atom stereocenters. The second-order valence-corrected chi connectivity index (χ2v) is 4.29. The van der Waals surface area contributed by atoms with Crippen molar-refractivity contribution in [2.75, 3.05) is 5.73 Å². The van der Waals surface area contributed by atoms with Crippen molar-refractivity contribution in [3.05, 3.63) is 30.3 Å². The Hall–Kier alpha value is -3.03. The van der Waals surface area contributed by atoms with Crippen molar-refractivity contribution in [2.45, 2.75) is 0 Å². The summed E-state index contributed by atoms with van der Waals surface area (Å²) in [6, 6.07) is 3.12. The summed E-state index contributed by atoms with van der Waals surface area (Å²) in [6.07, 6.45) is 2.84. The first kappa shape index (κ1) is 10.9. The average Bonchev–Trinajstić information content (AvgIpc) is 3.04. The molecule has 0 aliphatic heterocycles. The van der Waals surface area contributed by atoms with Gasteiger partial charge in [-0.2, -0.15) is 5.10 Å². The van der Waals surface area contributed by atoms with E-state index in [4.69, 9.17) is 5.73 Å². The number of aromatic amines is 2. The van der Waals surface area contributed by atoms with E-state index >= 15 is 0 Å². The highest BCUT2D eigenvalue weighted by atomic mass is 19.1. The minimum absolute atomic E-state index is 0.316. The van der Waals surface area contributed by atoms with Gasteiger partial charge in [-0.1, -0.05) is 0 Å². The van der Waals surface area contributed by atoms with E-state index in [0.717, 1.165) is 11.6 Å². The predicted molar refractivity (Wildman–Crippen MR) is 71.1 cm³/mol. The van der Waals surface area contributed by atoms with Crippen molar-refractivity contribution in [3.8, 4) is 11.5 Å². The number of nitrogens with one attached hydrogen (secondary N) is 2. The van der Waals surface area contributed by atoms with Crippen molar-refractivity contribution in [2.24, 2.45) is 0 Å². The van der Waals surface area contributed by atoms with Crippen LogP contribution in [0.15, 0.2) is 24.5 Å². The smallest absolute Gasteiger partial charge is 0.184 e. The van der Waals surface area contributed by atoms with Gasteiger partial charge in [0.25, 0.3) is 0 Å². The van der Waals surface area contributed by atoms with Crippen molar-refractivity contribution in [1.82, 2.24) is 30.1 Å². The molecule has 4 N–H and O–H groups in total. The fourth-order valence-corrected chi connectivity index (χ4v) is 2.12. The Morgan fingerprint density at radius 1 is 1.15 bits per heavy atom. The van der Waals surface area contributed by atoms with Gasteiger partial charge in [-0.3, -0.25) is 5.10 Å². The second-order valence-electron chi connectivity index (χ2n) is 4.29. The zero-order valence-electron chi connectivity index (χ0n) is 10.1. The summed E-state index contributed by atoms with van der Waals surface area (Å²) >= 11 is 0. The molecule has 0 aromatic carbocycles. The standard InChI is InChI=1S/C12H8FN7/c13-5-3-7-8(19-20-11(7)16-4-5)12-17-9(14)6-1-2-15-10(6)18-12/h1-4H,(H,16,19,20)(H3,14,15,17,18). The van der Waals surface area contributed by atoms with E-state index in [9.17, 15) is 4.39 Å². The number of halogens is 1. The minimum Gasteiger partial charge on any atom is -0.383 e. The van der Waals surface area contributed by atoms with Gasteiger partial charge in [-0.15, -0.1) is 0 Å². The number of hydrogen-bond donors (Lipinski definition) is 3. The van der Waals surface area contributed by atoms with E-state index < -0.39 is 5.82 Å². The largest absolute Gasteiger partial charge is 0.383 e. The fourth-order valence-electron chi connectivity index (χ4n) is 2.12. The first-order valence-electron chi connectivity index (χ1n) is 5.83. The van der Waals surface area contributed by atoms with Crippen LogP contribution in [0.25, 0.3) is 33.6 Å².